The Bertz CT molecular complexity index is 271. The highest BCUT2D eigenvalue weighted by atomic mass is 16.5. The standard InChI is InChI=1S/C10H15NO4/c1-3-4-5-6-9(12)11-7-8(15-2)10(13)14/h3-6,8H,7H2,1-2H3,(H,11,12)(H,13,14)/b4-3?,6-5+. The Kier molecular flexibility index (Phi) is 6.92. The van der Waals surface area contributed by atoms with Crippen LogP contribution in [0.2, 0.25) is 0 Å². The van der Waals surface area contributed by atoms with E-state index in [1.165, 1.54) is 13.2 Å². The van der Waals surface area contributed by atoms with Gasteiger partial charge in [0.05, 0.1) is 6.54 Å². The van der Waals surface area contributed by atoms with Gasteiger partial charge in [0.15, 0.2) is 6.10 Å². The van der Waals surface area contributed by atoms with Gasteiger partial charge in [0.1, 0.15) is 0 Å². The first-order valence-electron chi connectivity index (χ1n) is 4.44. The zero-order chi connectivity index (χ0) is 11.7. The van der Waals surface area contributed by atoms with Crippen molar-refractivity contribution in [3.63, 3.8) is 0 Å². The summed E-state index contributed by atoms with van der Waals surface area (Å²) in [4.78, 5) is 21.6. The van der Waals surface area contributed by atoms with Gasteiger partial charge in [-0.25, -0.2) is 4.79 Å². The SMILES string of the molecule is CC=C/C=C/C(=O)NCC(OC)C(=O)O. The molecule has 1 unspecified atom stereocenters. The Balaban J connectivity index is 3.93. The molecule has 1 atom stereocenters. The second kappa shape index (κ2) is 7.75. The number of amides is 1. The topological polar surface area (TPSA) is 75.6 Å². The Morgan fingerprint density at radius 1 is 1.47 bits per heavy atom. The van der Waals surface area contributed by atoms with Crippen LogP contribution in [-0.2, 0) is 14.3 Å². The van der Waals surface area contributed by atoms with Crippen molar-refractivity contribution >= 4 is 11.9 Å². The van der Waals surface area contributed by atoms with E-state index in [4.69, 9.17) is 5.11 Å². The molecule has 0 radical (unpaired) electrons. The Morgan fingerprint density at radius 2 is 2.13 bits per heavy atom. The summed E-state index contributed by atoms with van der Waals surface area (Å²) in [5, 5.41) is 11.0. The molecule has 5 nitrogen and oxygen atoms in total. The Hall–Kier alpha value is -1.62. The summed E-state index contributed by atoms with van der Waals surface area (Å²) in [6.45, 7) is 1.78. The molecule has 15 heavy (non-hydrogen) atoms. The van der Waals surface area contributed by atoms with Crippen molar-refractivity contribution < 1.29 is 19.4 Å². The largest absolute Gasteiger partial charge is 0.479 e. The summed E-state index contributed by atoms with van der Waals surface area (Å²) < 4.78 is 4.64. The Morgan fingerprint density at radius 3 is 2.60 bits per heavy atom. The number of hydrogen-bond acceptors (Lipinski definition) is 3. The maximum atomic E-state index is 11.1. The Labute approximate surface area is 88.4 Å². The van der Waals surface area contributed by atoms with Crippen LogP contribution in [0.15, 0.2) is 24.3 Å². The van der Waals surface area contributed by atoms with Crippen LogP contribution in [0.1, 0.15) is 6.92 Å². The highest BCUT2D eigenvalue weighted by molar-refractivity contribution is 5.88. The second-order valence-electron chi connectivity index (χ2n) is 2.69. The summed E-state index contributed by atoms with van der Waals surface area (Å²) >= 11 is 0. The van der Waals surface area contributed by atoms with Gasteiger partial charge in [-0.15, -0.1) is 0 Å². The maximum Gasteiger partial charge on any atom is 0.334 e. The molecular weight excluding hydrogens is 198 g/mol. The van der Waals surface area contributed by atoms with Gasteiger partial charge >= 0.3 is 5.97 Å². The molecule has 0 aliphatic carbocycles. The minimum atomic E-state index is -1.10. The summed E-state index contributed by atoms with van der Waals surface area (Å²) in [7, 11) is 1.28. The predicted octanol–water partition coefficient (Wildman–Crippen LogP) is 0.334. The van der Waals surface area contributed by atoms with E-state index in [1.807, 2.05) is 6.92 Å². The van der Waals surface area contributed by atoms with Crippen molar-refractivity contribution in [2.45, 2.75) is 13.0 Å². The molecule has 2 N–H and O–H groups in total. The van der Waals surface area contributed by atoms with Gasteiger partial charge in [0.25, 0.3) is 0 Å². The average Bonchev–Trinajstić information content (AvgIpc) is 2.18. The zero-order valence-corrected chi connectivity index (χ0v) is 8.77. The molecule has 0 spiro atoms. The van der Waals surface area contributed by atoms with E-state index in [-0.39, 0.29) is 12.5 Å². The van der Waals surface area contributed by atoms with Crippen molar-refractivity contribution in [3.8, 4) is 0 Å². The highest BCUT2D eigenvalue weighted by Crippen LogP contribution is 1.88. The first kappa shape index (κ1) is 13.4. The van der Waals surface area contributed by atoms with E-state index >= 15 is 0 Å². The lowest BCUT2D eigenvalue weighted by atomic mass is 10.3. The molecule has 0 aromatic rings. The number of allylic oxidation sites excluding steroid dienone is 3. The van der Waals surface area contributed by atoms with E-state index in [0.717, 1.165) is 0 Å². The highest BCUT2D eigenvalue weighted by Gasteiger charge is 2.16. The van der Waals surface area contributed by atoms with E-state index in [2.05, 4.69) is 10.1 Å². The van der Waals surface area contributed by atoms with Crippen LogP contribution in [-0.4, -0.2) is 36.7 Å². The van der Waals surface area contributed by atoms with Crippen molar-refractivity contribution in [3.05, 3.63) is 24.3 Å². The van der Waals surface area contributed by atoms with Crippen molar-refractivity contribution in [1.82, 2.24) is 5.32 Å². The second-order valence-corrected chi connectivity index (χ2v) is 2.69. The number of carboxylic acid groups (broad SMARTS) is 1. The maximum absolute atomic E-state index is 11.1. The third-order valence-electron chi connectivity index (χ3n) is 1.57. The van der Waals surface area contributed by atoms with Gasteiger partial charge in [-0.2, -0.15) is 0 Å². The molecule has 0 aliphatic heterocycles. The fraction of sp³-hybridized carbons (Fsp3) is 0.400. The average molecular weight is 213 g/mol. The molecule has 0 bridgehead atoms. The van der Waals surface area contributed by atoms with Crippen molar-refractivity contribution in [2.24, 2.45) is 0 Å². The van der Waals surface area contributed by atoms with Gasteiger partial charge in [-0.1, -0.05) is 18.2 Å². The smallest absolute Gasteiger partial charge is 0.334 e. The van der Waals surface area contributed by atoms with Gasteiger partial charge in [0, 0.05) is 13.2 Å². The van der Waals surface area contributed by atoms with Crippen LogP contribution in [0.25, 0.3) is 0 Å². The summed E-state index contributed by atoms with van der Waals surface area (Å²) in [6.07, 6.45) is 5.35. The fourth-order valence-electron chi connectivity index (χ4n) is 0.778. The molecule has 0 aromatic carbocycles. The van der Waals surface area contributed by atoms with E-state index in [9.17, 15) is 9.59 Å². The van der Waals surface area contributed by atoms with E-state index in [0.29, 0.717) is 0 Å². The van der Waals surface area contributed by atoms with Crippen LogP contribution in [0, 0.1) is 0 Å². The normalized spacial score (nSPS) is 13.2. The molecule has 0 saturated carbocycles. The number of carbonyl (C=O) groups is 2. The number of carboxylic acids is 1. The van der Waals surface area contributed by atoms with Crippen LogP contribution >= 0.6 is 0 Å². The molecule has 0 rings (SSSR count). The number of rotatable bonds is 6. The summed E-state index contributed by atoms with van der Waals surface area (Å²) in [6, 6.07) is 0. The predicted molar refractivity (Wildman–Crippen MR) is 55.4 cm³/mol. The van der Waals surface area contributed by atoms with E-state index in [1.54, 1.807) is 18.2 Å². The number of aliphatic carboxylic acids is 1. The molecule has 5 heteroatoms. The molecule has 0 heterocycles. The number of nitrogens with one attached hydrogen (secondary N) is 1. The molecule has 0 aromatic heterocycles. The van der Waals surface area contributed by atoms with Crippen LogP contribution < -0.4 is 5.32 Å². The van der Waals surface area contributed by atoms with Crippen molar-refractivity contribution in [1.29, 1.82) is 0 Å². The zero-order valence-electron chi connectivity index (χ0n) is 8.77. The van der Waals surface area contributed by atoms with Gasteiger partial charge in [-0.05, 0) is 6.92 Å². The van der Waals surface area contributed by atoms with Crippen LogP contribution in [0.3, 0.4) is 0 Å². The number of hydrogen-bond donors (Lipinski definition) is 2. The molecule has 84 valence electrons. The lowest BCUT2D eigenvalue weighted by Crippen LogP contribution is -2.37. The quantitative estimate of drug-likeness (QED) is 0.492. The first-order valence-corrected chi connectivity index (χ1v) is 4.44. The molecular formula is C10H15NO4. The fourth-order valence-corrected chi connectivity index (χ4v) is 0.778. The number of carbonyl (C=O) groups excluding carboxylic acids is 1. The van der Waals surface area contributed by atoms with Gasteiger partial charge in [-0.3, -0.25) is 4.79 Å². The summed E-state index contributed by atoms with van der Waals surface area (Å²) in [5.74, 6) is -1.45. The number of ether oxygens (including phenoxy) is 1. The lowest BCUT2D eigenvalue weighted by Gasteiger charge is -2.09. The van der Waals surface area contributed by atoms with Gasteiger partial charge in [0.2, 0.25) is 5.91 Å². The lowest BCUT2D eigenvalue weighted by molar-refractivity contribution is -0.148. The van der Waals surface area contributed by atoms with E-state index < -0.39 is 12.1 Å². The molecule has 0 saturated heterocycles. The third-order valence-corrected chi connectivity index (χ3v) is 1.57. The molecule has 1 amide bonds. The van der Waals surface area contributed by atoms with Crippen LogP contribution in [0.5, 0.6) is 0 Å². The number of methoxy groups -OCH3 is 1. The summed E-state index contributed by atoms with van der Waals surface area (Å²) in [5.41, 5.74) is 0. The monoisotopic (exact) mass is 213 g/mol. The van der Waals surface area contributed by atoms with Crippen molar-refractivity contribution in [2.75, 3.05) is 13.7 Å². The molecule has 0 fully saturated rings. The first-order chi connectivity index (χ1) is 7.11. The molecule has 0 aliphatic rings. The van der Waals surface area contributed by atoms with Gasteiger partial charge < -0.3 is 15.2 Å². The third kappa shape index (κ3) is 6.45. The minimum absolute atomic E-state index is 0.0507. The van der Waals surface area contributed by atoms with Crippen LogP contribution in [0.4, 0.5) is 0 Å². The minimum Gasteiger partial charge on any atom is -0.479 e.